The summed E-state index contributed by atoms with van der Waals surface area (Å²) in [7, 11) is 2.22. The molecule has 182 valence electrons. The summed E-state index contributed by atoms with van der Waals surface area (Å²) in [6.45, 7) is 19.4. The zero-order chi connectivity index (χ0) is 24.7. The zero-order valence-corrected chi connectivity index (χ0v) is 22.0. The van der Waals surface area contributed by atoms with Crippen molar-refractivity contribution in [1.82, 2.24) is 0 Å². The van der Waals surface area contributed by atoms with Gasteiger partial charge >= 0.3 is 0 Å². The minimum absolute atomic E-state index is 0.126. The van der Waals surface area contributed by atoms with Gasteiger partial charge in [0, 0.05) is 24.3 Å². The van der Waals surface area contributed by atoms with E-state index >= 15 is 0 Å². The van der Waals surface area contributed by atoms with Gasteiger partial charge in [-0.2, -0.15) is 0 Å². The van der Waals surface area contributed by atoms with E-state index in [1.807, 2.05) is 12.2 Å². The van der Waals surface area contributed by atoms with Gasteiger partial charge in [0.05, 0.1) is 11.4 Å². The molecule has 34 heavy (non-hydrogen) atoms. The van der Waals surface area contributed by atoms with Crippen molar-refractivity contribution >= 4 is 11.4 Å². The van der Waals surface area contributed by atoms with Crippen LogP contribution in [0, 0.1) is 5.41 Å². The van der Waals surface area contributed by atoms with Gasteiger partial charge in [-0.15, -0.1) is 0 Å². The molecule has 0 atom stereocenters. The van der Waals surface area contributed by atoms with Gasteiger partial charge in [-0.25, -0.2) is 4.99 Å². The number of allylic oxidation sites excluding steroid dienone is 5. The maximum atomic E-state index is 5.21. The average molecular weight is 457 g/mol. The number of hydrogen-bond donors (Lipinski definition) is 0. The number of hydrogen-bond acceptors (Lipinski definition) is 2. The molecular weight excluding hydrogens is 412 g/mol. The SMILES string of the molecule is C=C\C(=N/C(C(=C\C)/C(=C)C1(C)CCCCC1)=C(\C)C=C)c1cccc(N(C)C2CCCC2)c1. The van der Waals surface area contributed by atoms with Gasteiger partial charge in [-0.1, -0.05) is 83.0 Å². The van der Waals surface area contributed by atoms with Crippen LogP contribution >= 0.6 is 0 Å². The topological polar surface area (TPSA) is 15.6 Å². The Bertz CT molecular complexity index is 992. The molecule has 0 N–H and O–H groups in total. The molecular formula is C32H44N2. The smallest absolute Gasteiger partial charge is 0.0737 e. The number of anilines is 1. The molecule has 0 spiro atoms. The fraction of sp³-hybridized carbons (Fsp3) is 0.469. The van der Waals surface area contributed by atoms with E-state index in [9.17, 15) is 0 Å². The van der Waals surface area contributed by atoms with E-state index in [2.05, 4.69) is 82.8 Å². The molecule has 2 aliphatic carbocycles. The van der Waals surface area contributed by atoms with Crippen LogP contribution in [0.25, 0.3) is 0 Å². The molecule has 2 fully saturated rings. The molecule has 0 aromatic heterocycles. The third kappa shape index (κ3) is 5.71. The van der Waals surface area contributed by atoms with Crippen LogP contribution in [0.3, 0.4) is 0 Å². The number of rotatable bonds is 9. The van der Waals surface area contributed by atoms with Crippen LogP contribution in [0.1, 0.15) is 84.1 Å². The fourth-order valence-electron chi connectivity index (χ4n) is 5.61. The Morgan fingerprint density at radius 1 is 1.06 bits per heavy atom. The summed E-state index contributed by atoms with van der Waals surface area (Å²) >= 11 is 0. The molecule has 0 bridgehead atoms. The predicted molar refractivity (Wildman–Crippen MR) is 151 cm³/mol. The van der Waals surface area contributed by atoms with Crippen LogP contribution in [-0.4, -0.2) is 18.8 Å². The Balaban J connectivity index is 1.99. The second kappa shape index (κ2) is 11.7. The lowest BCUT2D eigenvalue weighted by atomic mass is 9.68. The summed E-state index contributed by atoms with van der Waals surface area (Å²) < 4.78 is 0. The number of nitrogens with zero attached hydrogens (tertiary/aromatic N) is 2. The lowest BCUT2D eigenvalue weighted by Crippen LogP contribution is -2.28. The van der Waals surface area contributed by atoms with Crippen LogP contribution in [-0.2, 0) is 0 Å². The van der Waals surface area contributed by atoms with Crippen molar-refractivity contribution in [2.45, 2.75) is 84.6 Å². The Morgan fingerprint density at radius 2 is 1.74 bits per heavy atom. The Hall–Kier alpha value is -2.61. The van der Waals surface area contributed by atoms with Crippen molar-refractivity contribution in [3.05, 3.63) is 90.2 Å². The predicted octanol–water partition coefficient (Wildman–Crippen LogP) is 8.97. The third-order valence-electron chi connectivity index (χ3n) is 8.08. The highest BCUT2D eigenvalue weighted by atomic mass is 15.1. The lowest BCUT2D eigenvalue weighted by Gasteiger charge is -2.37. The second-order valence-corrected chi connectivity index (χ2v) is 10.3. The van der Waals surface area contributed by atoms with E-state index in [4.69, 9.17) is 4.99 Å². The average Bonchev–Trinajstić information content (AvgIpc) is 3.41. The largest absolute Gasteiger partial charge is 0.372 e. The van der Waals surface area contributed by atoms with E-state index in [-0.39, 0.29) is 5.41 Å². The van der Waals surface area contributed by atoms with Crippen LogP contribution in [0.15, 0.2) is 89.6 Å². The molecule has 0 saturated heterocycles. The highest BCUT2D eigenvalue weighted by Crippen LogP contribution is 2.46. The molecule has 0 amide bonds. The highest BCUT2D eigenvalue weighted by Gasteiger charge is 2.32. The molecule has 0 unspecified atom stereocenters. The molecule has 0 heterocycles. The summed E-state index contributed by atoms with van der Waals surface area (Å²) in [5.41, 5.74) is 7.71. The third-order valence-corrected chi connectivity index (χ3v) is 8.08. The molecule has 2 aliphatic rings. The molecule has 1 aromatic rings. The molecule has 0 aliphatic heterocycles. The number of aliphatic imine (C=N–C) groups is 1. The highest BCUT2D eigenvalue weighted by molar-refractivity contribution is 6.09. The lowest BCUT2D eigenvalue weighted by molar-refractivity contribution is 0.271. The van der Waals surface area contributed by atoms with Gasteiger partial charge < -0.3 is 4.90 Å². The second-order valence-electron chi connectivity index (χ2n) is 10.3. The Morgan fingerprint density at radius 3 is 2.32 bits per heavy atom. The molecule has 2 saturated carbocycles. The van der Waals surface area contributed by atoms with E-state index in [1.54, 1.807) is 0 Å². The van der Waals surface area contributed by atoms with Crippen molar-refractivity contribution in [3.8, 4) is 0 Å². The minimum Gasteiger partial charge on any atom is -0.372 e. The Labute approximate surface area is 208 Å². The molecule has 2 nitrogen and oxygen atoms in total. The fourth-order valence-corrected chi connectivity index (χ4v) is 5.61. The maximum Gasteiger partial charge on any atom is 0.0737 e. The van der Waals surface area contributed by atoms with Crippen molar-refractivity contribution in [2.24, 2.45) is 10.4 Å². The van der Waals surface area contributed by atoms with Gasteiger partial charge in [-0.3, -0.25) is 0 Å². The van der Waals surface area contributed by atoms with Gasteiger partial charge in [-0.05, 0) is 79.9 Å². The van der Waals surface area contributed by atoms with Crippen molar-refractivity contribution in [1.29, 1.82) is 0 Å². The summed E-state index contributed by atoms with van der Waals surface area (Å²) in [6, 6.07) is 9.37. The van der Waals surface area contributed by atoms with E-state index < -0.39 is 0 Å². The summed E-state index contributed by atoms with van der Waals surface area (Å²) in [5, 5.41) is 0. The molecule has 2 heteroatoms. The first-order valence-electron chi connectivity index (χ1n) is 13.1. The first-order chi connectivity index (χ1) is 16.3. The summed E-state index contributed by atoms with van der Waals surface area (Å²) in [5.74, 6) is 0. The van der Waals surface area contributed by atoms with E-state index in [0.29, 0.717) is 6.04 Å². The molecule has 0 radical (unpaired) electrons. The van der Waals surface area contributed by atoms with E-state index in [1.165, 1.54) is 69.0 Å². The quantitative estimate of drug-likeness (QED) is 0.267. The monoisotopic (exact) mass is 456 g/mol. The molecule has 1 aromatic carbocycles. The standard InChI is InChI=1S/C32H44N2/c1-8-24(4)31(29(9-2)25(5)32(6)21-14-11-15-22-32)33-30(10-3)26-17-16-20-28(23-26)34(7)27-18-12-13-19-27/h8-10,16-17,20,23,27H,1,3,5,11-15,18-19,21-22H2,2,4,6-7H3/b29-9-,31-24+,33-30+. The van der Waals surface area contributed by atoms with Crippen LogP contribution in [0.4, 0.5) is 5.69 Å². The van der Waals surface area contributed by atoms with Crippen LogP contribution in [0.2, 0.25) is 0 Å². The van der Waals surface area contributed by atoms with Gasteiger partial charge in [0.2, 0.25) is 0 Å². The van der Waals surface area contributed by atoms with Crippen molar-refractivity contribution in [2.75, 3.05) is 11.9 Å². The van der Waals surface area contributed by atoms with Crippen LogP contribution in [0.5, 0.6) is 0 Å². The summed E-state index contributed by atoms with van der Waals surface area (Å²) in [6.07, 6.45) is 17.4. The number of benzene rings is 1. The first-order valence-corrected chi connectivity index (χ1v) is 13.1. The zero-order valence-electron chi connectivity index (χ0n) is 22.0. The first kappa shape index (κ1) is 26.0. The van der Waals surface area contributed by atoms with Gasteiger partial charge in [0.15, 0.2) is 0 Å². The van der Waals surface area contributed by atoms with Crippen molar-refractivity contribution < 1.29 is 0 Å². The maximum absolute atomic E-state index is 5.21. The minimum atomic E-state index is 0.126. The van der Waals surface area contributed by atoms with E-state index in [0.717, 1.165) is 28.1 Å². The van der Waals surface area contributed by atoms with Crippen LogP contribution < -0.4 is 4.90 Å². The van der Waals surface area contributed by atoms with Gasteiger partial charge in [0.1, 0.15) is 0 Å². The Kier molecular flexibility index (Phi) is 8.94. The molecule has 3 rings (SSSR count). The van der Waals surface area contributed by atoms with Gasteiger partial charge in [0.25, 0.3) is 0 Å². The summed E-state index contributed by atoms with van der Waals surface area (Å²) in [4.78, 5) is 7.65. The van der Waals surface area contributed by atoms with Crippen molar-refractivity contribution in [3.63, 3.8) is 0 Å². The normalized spacial score (nSPS) is 20.0.